The number of fused-ring (bicyclic) bond motifs is 4. The monoisotopic (exact) mass is 449 g/mol. The summed E-state index contributed by atoms with van der Waals surface area (Å²) >= 11 is 3.44. The molecule has 0 bridgehead atoms. The lowest BCUT2D eigenvalue weighted by Gasteiger charge is -2.29. The smallest absolute Gasteiger partial charge is 0.410 e. The van der Waals surface area contributed by atoms with E-state index in [1.54, 1.807) is 11.0 Å². The minimum Gasteiger partial charge on any atom is -0.507 e. The molecule has 146 valence electrons. The Balaban J connectivity index is 1.32. The molecule has 0 radical (unpaired) electrons. The maximum absolute atomic E-state index is 12.8. The topological polar surface area (TPSA) is 49.8 Å². The lowest BCUT2D eigenvalue weighted by Crippen LogP contribution is -2.37. The predicted octanol–water partition coefficient (Wildman–Crippen LogP) is 5.46. The number of carbonyl (C=O) groups is 1. The van der Waals surface area contributed by atoms with Gasteiger partial charge in [0.05, 0.1) is 4.47 Å². The second kappa shape index (κ2) is 7.23. The first-order chi connectivity index (χ1) is 14.1. The zero-order valence-corrected chi connectivity index (χ0v) is 17.4. The van der Waals surface area contributed by atoms with Gasteiger partial charge >= 0.3 is 6.09 Å². The van der Waals surface area contributed by atoms with Crippen LogP contribution in [-0.4, -0.2) is 29.3 Å². The fourth-order valence-corrected chi connectivity index (χ4v) is 5.02. The first-order valence-corrected chi connectivity index (χ1v) is 10.5. The minimum absolute atomic E-state index is 0.0644. The number of rotatable bonds is 2. The Bertz CT molecular complexity index is 1070. The van der Waals surface area contributed by atoms with Crippen LogP contribution in [0.3, 0.4) is 0 Å². The van der Waals surface area contributed by atoms with Gasteiger partial charge in [0.25, 0.3) is 0 Å². The summed E-state index contributed by atoms with van der Waals surface area (Å²) in [6, 6.07) is 20.2. The Hall–Kier alpha value is -2.79. The van der Waals surface area contributed by atoms with Crippen molar-refractivity contribution in [2.45, 2.75) is 18.9 Å². The van der Waals surface area contributed by atoms with E-state index in [1.165, 1.54) is 22.3 Å². The summed E-state index contributed by atoms with van der Waals surface area (Å²) in [5.74, 6) is 0.299. The fourth-order valence-electron chi connectivity index (χ4n) is 4.44. The van der Waals surface area contributed by atoms with E-state index in [0.29, 0.717) is 26.1 Å². The number of phenolic OH excluding ortho intramolecular Hbond substituents is 1. The van der Waals surface area contributed by atoms with Crippen LogP contribution in [0.4, 0.5) is 4.79 Å². The molecule has 1 aliphatic carbocycles. The van der Waals surface area contributed by atoms with Crippen LogP contribution in [0.1, 0.15) is 28.2 Å². The molecule has 1 amide bonds. The maximum atomic E-state index is 12.8. The summed E-state index contributed by atoms with van der Waals surface area (Å²) in [6.45, 7) is 1.39. The van der Waals surface area contributed by atoms with Gasteiger partial charge < -0.3 is 14.7 Å². The molecule has 3 aromatic rings. The third-order valence-electron chi connectivity index (χ3n) is 5.91. The number of nitrogens with zero attached hydrogens (tertiary/aromatic N) is 1. The lowest BCUT2D eigenvalue weighted by atomic mass is 9.98. The molecule has 3 aromatic carbocycles. The van der Waals surface area contributed by atoms with E-state index in [4.69, 9.17) is 4.74 Å². The molecule has 0 saturated heterocycles. The Morgan fingerprint density at radius 1 is 1.03 bits per heavy atom. The number of halogens is 1. The minimum atomic E-state index is -0.290. The summed E-state index contributed by atoms with van der Waals surface area (Å²) in [6.07, 6.45) is 0.399. The van der Waals surface area contributed by atoms with Crippen LogP contribution in [0, 0.1) is 0 Å². The first kappa shape index (κ1) is 18.3. The highest BCUT2D eigenvalue weighted by Crippen LogP contribution is 2.44. The highest BCUT2D eigenvalue weighted by atomic mass is 79.9. The van der Waals surface area contributed by atoms with Crippen LogP contribution < -0.4 is 0 Å². The van der Waals surface area contributed by atoms with Gasteiger partial charge in [0.1, 0.15) is 12.4 Å². The molecule has 0 spiro atoms. The number of hydrogen-bond acceptors (Lipinski definition) is 3. The van der Waals surface area contributed by atoms with Crippen LogP contribution in [0.2, 0.25) is 0 Å². The highest BCUT2D eigenvalue weighted by Gasteiger charge is 2.30. The molecule has 1 aliphatic heterocycles. The van der Waals surface area contributed by atoms with Crippen LogP contribution in [0.15, 0.2) is 65.1 Å². The summed E-state index contributed by atoms with van der Waals surface area (Å²) in [5, 5.41) is 9.86. The van der Waals surface area contributed by atoms with Gasteiger partial charge in [-0.05, 0) is 61.8 Å². The van der Waals surface area contributed by atoms with Crippen LogP contribution >= 0.6 is 15.9 Å². The Kier molecular flexibility index (Phi) is 4.55. The maximum Gasteiger partial charge on any atom is 0.410 e. The van der Waals surface area contributed by atoms with Crippen molar-refractivity contribution in [3.8, 4) is 16.9 Å². The predicted molar refractivity (Wildman–Crippen MR) is 115 cm³/mol. The van der Waals surface area contributed by atoms with Crippen molar-refractivity contribution in [1.82, 2.24) is 4.90 Å². The van der Waals surface area contributed by atoms with Gasteiger partial charge in [-0.15, -0.1) is 0 Å². The van der Waals surface area contributed by atoms with Crippen molar-refractivity contribution in [2.75, 3.05) is 13.2 Å². The molecule has 1 heterocycles. The average molecular weight is 450 g/mol. The second-order valence-corrected chi connectivity index (χ2v) is 8.30. The van der Waals surface area contributed by atoms with E-state index in [2.05, 4.69) is 40.2 Å². The molecule has 0 fully saturated rings. The number of benzene rings is 3. The van der Waals surface area contributed by atoms with Crippen LogP contribution in [0.5, 0.6) is 5.75 Å². The number of amides is 1. The van der Waals surface area contributed by atoms with Crippen molar-refractivity contribution in [1.29, 1.82) is 0 Å². The molecule has 5 heteroatoms. The van der Waals surface area contributed by atoms with Gasteiger partial charge in [0.2, 0.25) is 0 Å². The standard InChI is InChI=1S/C24H20BrNO3/c25-23-16-11-12-26(13-15(16)9-10-22(23)27)24(28)29-14-21-19-7-3-1-5-17(19)18-6-2-4-8-20(18)21/h1-10,21,27H,11-14H2. The molecule has 4 nitrogen and oxygen atoms in total. The van der Waals surface area contributed by atoms with Crippen LogP contribution in [0.25, 0.3) is 11.1 Å². The van der Waals surface area contributed by atoms with Crippen molar-refractivity contribution in [3.05, 3.63) is 87.4 Å². The van der Waals surface area contributed by atoms with Gasteiger partial charge in [-0.1, -0.05) is 54.6 Å². The molecule has 0 saturated carbocycles. The highest BCUT2D eigenvalue weighted by molar-refractivity contribution is 9.10. The SMILES string of the molecule is O=C(OCC1c2ccccc2-c2ccccc21)N1CCc2c(ccc(O)c2Br)C1. The number of ether oxygens (including phenoxy) is 1. The molecule has 2 aliphatic rings. The summed E-state index contributed by atoms with van der Waals surface area (Å²) < 4.78 is 6.50. The molecule has 1 N–H and O–H groups in total. The van der Waals surface area contributed by atoms with Crippen molar-refractivity contribution < 1.29 is 14.6 Å². The van der Waals surface area contributed by atoms with Crippen molar-refractivity contribution >= 4 is 22.0 Å². The Morgan fingerprint density at radius 3 is 2.38 bits per heavy atom. The lowest BCUT2D eigenvalue weighted by molar-refractivity contribution is 0.0953. The number of phenols is 1. The largest absolute Gasteiger partial charge is 0.507 e. The fraction of sp³-hybridized carbons (Fsp3) is 0.208. The van der Waals surface area contributed by atoms with E-state index >= 15 is 0 Å². The molecular weight excluding hydrogens is 430 g/mol. The second-order valence-electron chi connectivity index (χ2n) is 7.51. The van der Waals surface area contributed by atoms with Crippen molar-refractivity contribution in [3.63, 3.8) is 0 Å². The third-order valence-corrected chi connectivity index (χ3v) is 6.79. The Morgan fingerprint density at radius 2 is 1.69 bits per heavy atom. The molecular formula is C24H20BrNO3. The van der Waals surface area contributed by atoms with Gasteiger partial charge in [-0.25, -0.2) is 4.79 Å². The van der Waals surface area contributed by atoms with Gasteiger partial charge in [-0.3, -0.25) is 0 Å². The summed E-state index contributed by atoms with van der Waals surface area (Å²) in [4.78, 5) is 14.5. The van der Waals surface area contributed by atoms with Gasteiger partial charge in [-0.2, -0.15) is 0 Å². The van der Waals surface area contributed by atoms with Crippen LogP contribution in [-0.2, 0) is 17.7 Å². The number of aromatic hydroxyl groups is 1. The zero-order valence-electron chi connectivity index (χ0n) is 15.8. The van der Waals surface area contributed by atoms with E-state index in [1.807, 2.05) is 30.3 Å². The zero-order chi connectivity index (χ0) is 20.0. The van der Waals surface area contributed by atoms with E-state index in [0.717, 1.165) is 15.6 Å². The summed E-state index contributed by atoms with van der Waals surface area (Å²) in [7, 11) is 0. The van der Waals surface area contributed by atoms with Crippen molar-refractivity contribution in [2.24, 2.45) is 0 Å². The summed E-state index contributed by atoms with van der Waals surface area (Å²) in [5.41, 5.74) is 6.97. The Labute approximate surface area is 177 Å². The first-order valence-electron chi connectivity index (χ1n) is 9.72. The average Bonchev–Trinajstić information content (AvgIpc) is 3.08. The molecule has 0 unspecified atom stereocenters. The molecule has 29 heavy (non-hydrogen) atoms. The van der Waals surface area contributed by atoms with Gasteiger partial charge in [0.15, 0.2) is 0 Å². The number of hydrogen-bond donors (Lipinski definition) is 1. The molecule has 0 aromatic heterocycles. The molecule has 5 rings (SSSR count). The third kappa shape index (κ3) is 3.10. The molecule has 0 atom stereocenters. The quantitative estimate of drug-likeness (QED) is 0.564. The normalized spacial score (nSPS) is 14.9. The number of carbonyl (C=O) groups excluding carboxylic acids is 1. The van der Waals surface area contributed by atoms with Gasteiger partial charge in [0, 0.05) is 19.0 Å². The van der Waals surface area contributed by atoms with E-state index < -0.39 is 0 Å². The van der Waals surface area contributed by atoms with E-state index in [-0.39, 0.29) is 17.8 Å². The van der Waals surface area contributed by atoms with E-state index in [9.17, 15) is 9.90 Å².